The SMILES string of the molecule is O=S(=O)(c1cccs1)N1CCN(Cn2nc(-c3ccco3)oc2=S)CC1. The average molecular weight is 413 g/mol. The molecule has 11 heteroatoms. The van der Waals surface area contributed by atoms with E-state index in [4.69, 9.17) is 21.1 Å². The van der Waals surface area contributed by atoms with Crippen molar-refractivity contribution in [2.24, 2.45) is 0 Å². The minimum atomic E-state index is -3.40. The Balaban J connectivity index is 1.41. The van der Waals surface area contributed by atoms with Gasteiger partial charge >= 0.3 is 0 Å². The topological polar surface area (TPSA) is 84.7 Å². The van der Waals surface area contributed by atoms with E-state index < -0.39 is 10.0 Å². The number of hydrogen-bond donors (Lipinski definition) is 0. The second-order valence-corrected chi connectivity index (χ2v) is 9.21. The zero-order valence-corrected chi connectivity index (χ0v) is 16.1. The van der Waals surface area contributed by atoms with Crippen molar-refractivity contribution in [2.45, 2.75) is 10.9 Å². The lowest BCUT2D eigenvalue weighted by molar-refractivity contribution is 0.143. The van der Waals surface area contributed by atoms with Crippen molar-refractivity contribution in [3.05, 3.63) is 40.7 Å². The Morgan fingerprint density at radius 1 is 1.19 bits per heavy atom. The molecule has 1 aliphatic heterocycles. The van der Waals surface area contributed by atoms with Crippen LogP contribution in [-0.2, 0) is 16.7 Å². The molecule has 0 unspecified atom stereocenters. The molecule has 4 heterocycles. The van der Waals surface area contributed by atoms with E-state index in [2.05, 4.69) is 10.00 Å². The van der Waals surface area contributed by atoms with Crippen LogP contribution in [0, 0.1) is 4.84 Å². The van der Waals surface area contributed by atoms with Crippen LogP contribution < -0.4 is 0 Å². The van der Waals surface area contributed by atoms with Gasteiger partial charge in [0.1, 0.15) is 4.21 Å². The third-order valence-electron chi connectivity index (χ3n) is 4.09. The van der Waals surface area contributed by atoms with Crippen molar-refractivity contribution < 1.29 is 17.3 Å². The summed E-state index contributed by atoms with van der Waals surface area (Å²) in [4.78, 5) is 2.34. The van der Waals surface area contributed by atoms with Gasteiger partial charge in [-0.15, -0.1) is 16.4 Å². The van der Waals surface area contributed by atoms with Gasteiger partial charge in [-0.25, -0.2) is 13.1 Å². The van der Waals surface area contributed by atoms with Crippen LogP contribution >= 0.6 is 23.6 Å². The van der Waals surface area contributed by atoms with Crippen LogP contribution in [0.15, 0.2) is 49.0 Å². The van der Waals surface area contributed by atoms with Gasteiger partial charge in [0.05, 0.1) is 12.9 Å². The first-order chi connectivity index (χ1) is 12.5. The predicted octanol–water partition coefficient (Wildman–Crippen LogP) is 2.49. The molecule has 0 bridgehead atoms. The first-order valence-electron chi connectivity index (χ1n) is 7.92. The Labute approximate surface area is 159 Å². The molecule has 0 spiro atoms. The monoisotopic (exact) mass is 412 g/mol. The van der Waals surface area contributed by atoms with E-state index in [0.717, 1.165) is 0 Å². The number of furan rings is 1. The third kappa shape index (κ3) is 3.40. The van der Waals surface area contributed by atoms with Crippen molar-refractivity contribution >= 4 is 33.6 Å². The Hall–Kier alpha value is -1.79. The first kappa shape index (κ1) is 17.6. The molecule has 1 fully saturated rings. The van der Waals surface area contributed by atoms with E-state index in [0.29, 0.717) is 48.7 Å². The van der Waals surface area contributed by atoms with Crippen molar-refractivity contribution in [1.82, 2.24) is 19.0 Å². The molecule has 0 saturated carbocycles. The Morgan fingerprint density at radius 2 is 2.00 bits per heavy atom. The maximum absolute atomic E-state index is 12.6. The second kappa shape index (κ2) is 7.08. The lowest BCUT2D eigenvalue weighted by Crippen LogP contribution is -2.48. The first-order valence-corrected chi connectivity index (χ1v) is 10.6. The summed E-state index contributed by atoms with van der Waals surface area (Å²) in [6.45, 7) is 2.48. The van der Waals surface area contributed by atoms with Crippen molar-refractivity contribution in [2.75, 3.05) is 26.2 Å². The number of piperazine rings is 1. The van der Waals surface area contributed by atoms with Gasteiger partial charge in [0.25, 0.3) is 20.8 Å². The number of aromatic nitrogens is 2. The fourth-order valence-electron chi connectivity index (χ4n) is 2.73. The quantitative estimate of drug-likeness (QED) is 0.595. The zero-order chi connectivity index (χ0) is 18.1. The summed E-state index contributed by atoms with van der Waals surface area (Å²) in [6, 6.07) is 6.88. The summed E-state index contributed by atoms with van der Waals surface area (Å²) >= 11 is 6.45. The highest BCUT2D eigenvalue weighted by atomic mass is 32.2. The molecule has 0 atom stereocenters. The number of nitrogens with zero attached hydrogens (tertiary/aromatic N) is 4. The minimum absolute atomic E-state index is 0.255. The summed E-state index contributed by atoms with van der Waals surface area (Å²) in [6.07, 6.45) is 1.54. The normalized spacial score (nSPS) is 16.9. The Bertz CT molecular complexity index is 1010. The van der Waals surface area contributed by atoms with Crippen LogP contribution in [0.1, 0.15) is 0 Å². The van der Waals surface area contributed by atoms with E-state index >= 15 is 0 Å². The molecule has 1 saturated heterocycles. The lowest BCUT2D eigenvalue weighted by atomic mass is 10.4. The van der Waals surface area contributed by atoms with Gasteiger partial charge < -0.3 is 8.83 Å². The van der Waals surface area contributed by atoms with E-state index in [1.807, 2.05) is 0 Å². The van der Waals surface area contributed by atoms with E-state index in [1.54, 1.807) is 40.6 Å². The van der Waals surface area contributed by atoms with Crippen LogP contribution in [0.3, 0.4) is 0 Å². The van der Waals surface area contributed by atoms with Crippen molar-refractivity contribution in [3.8, 4) is 11.7 Å². The molecule has 8 nitrogen and oxygen atoms in total. The van der Waals surface area contributed by atoms with Crippen LogP contribution in [0.4, 0.5) is 0 Å². The van der Waals surface area contributed by atoms with Crippen LogP contribution in [0.25, 0.3) is 11.7 Å². The lowest BCUT2D eigenvalue weighted by Gasteiger charge is -2.33. The summed E-state index contributed by atoms with van der Waals surface area (Å²) in [5.41, 5.74) is 0. The van der Waals surface area contributed by atoms with E-state index in [1.165, 1.54) is 15.6 Å². The summed E-state index contributed by atoms with van der Waals surface area (Å²) in [7, 11) is -3.40. The fraction of sp³-hybridized carbons (Fsp3) is 0.333. The summed E-state index contributed by atoms with van der Waals surface area (Å²) in [5.74, 6) is 0.848. The molecule has 1 aliphatic rings. The Kier molecular flexibility index (Phi) is 4.80. The molecule has 3 aromatic heterocycles. The van der Waals surface area contributed by atoms with Crippen LogP contribution in [0.2, 0.25) is 0 Å². The Morgan fingerprint density at radius 3 is 2.65 bits per heavy atom. The molecule has 0 radical (unpaired) electrons. The number of hydrogen-bond acceptors (Lipinski definition) is 8. The third-order valence-corrected chi connectivity index (χ3v) is 7.66. The highest BCUT2D eigenvalue weighted by Crippen LogP contribution is 2.22. The van der Waals surface area contributed by atoms with Gasteiger partial charge in [0, 0.05) is 26.2 Å². The maximum atomic E-state index is 12.6. The predicted molar refractivity (Wildman–Crippen MR) is 97.7 cm³/mol. The summed E-state index contributed by atoms with van der Waals surface area (Å²) in [5, 5.41) is 6.10. The van der Waals surface area contributed by atoms with Crippen molar-refractivity contribution in [1.29, 1.82) is 0 Å². The molecule has 4 rings (SSSR count). The zero-order valence-electron chi connectivity index (χ0n) is 13.6. The maximum Gasteiger partial charge on any atom is 0.288 e. The minimum Gasteiger partial charge on any atom is -0.459 e. The van der Waals surface area contributed by atoms with Gasteiger partial charge in [0.15, 0.2) is 5.76 Å². The molecule has 0 amide bonds. The van der Waals surface area contributed by atoms with E-state index in [-0.39, 0.29) is 4.84 Å². The summed E-state index contributed by atoms with van der Waals surface area (Å²) < 4.78 is 39.3. The molecular weight excluding hydrogens is 396 g/mol. The fourth-order valence-corrected chi connectivity index (χ4v) is 5.48. The highest BCUT2D eigenvalue weighted by molar-refractivity contribution is 7.91. The van der Waals surface area contributed by atoms with Gasteiger partial charge in [-0.2, -0.15) is 4.31 Å². The molecule has 0 aliphatic carbocycles. The molecule has 3 aromatic rings. The molecule has 0 N–H and O–H groups in total. The standard InChI is InChI=1S/C15H16N4O4S3/c20-26(21,13-4-2-10-25-13)18-7-5-17(6-8-18)11-19-15(24)23-14(16-19)12-3-1-9-22-12/h1-4,9-10H,5-8,11H2. The van der Waals surface area contributed by atoms with Gasteiger partial charge in [0.2, 0.25) is 0 Å². The number of sulfonamides is 1. The highest BCUT2D eigenvalue weighted by Gasteiger charge is 2.29. The molecule has 138 valence electrons. The molecule has 0 aromatic carbocycles. The van der Waals surface area contributed by atoms with E-state index in [9.17, 15) is 8.42 Å². The number of thiophene rings is 1. The van der Waals surface area contributed by atoms with Gasteiger partial charge in [-0.05, 0) is 35.8 Å². The van der Waals surface area contributed by atoms with Crippen LogP contribution in [-0.4, -0.2) is 53.6 Å². The van der Waals surface area contributed by atoms with Crippen LogP contribution in [0.5, 0.6) is 0 Å². The number of rotatable bonds is 5. The van der Waals surface area contributed by atoms with Crippen molar-refractivity contribution in [3.63, 3.8) is 0 Å². The largest absolute Gasteiger partial charge is 0.459 e. The average Bonchev–Trinajstić information content (AvgIpc) is 3.38. The smallest absolute Gasteiger partial charge is 0.288 e. The molecular formula is C15H16N4O4S3. The second-order valence-electron chi connectivity index (χ2n) is 5.75. The van der Waals surface area contributed by atoms with Gasteiger partial charge in [-0.3, -0.25) is 4.90 Å². The molecule has 26 heavy (non-hydrogen) atoms. The van der Waals surface area contributed by atoms with Gasteiger partial charge in [-0.1, -0.05) is 6.07 Å².